The van der Waals surface area contributed by atoms with E-state index in [2.05, 4.69) is 70.4 Å². The third-order valence-corrected chi connectivity index (χ3v) is 13.3. The highest BCUT2D eigenvalue weighted by Gasteiger charge is 2.35. The van der Waals surface area contributed by atoms with Gasteiger partial charge in [0.15, 0.2) is 0 Å². The van der Waals surface area contributed by atoms with Crippen molar-refractivity contribution in [3.8, 4) is 0 Å². The fraction of sp³-hybridized carbons (Fsp3) is 0.500. The third kappa shape index (κ3) is 18.5. The molecule has 4 aromatic rings. The number of carbonyl (C=O) groups excluding carboxylic acids is 9. The second-order valence-electron chi connectivity index (χ2n) is 19.6. The van der Waals surface area contributed by atoms with Gasteiger partial charge in [0.1, 0.15) is 60.4 Å². The van der Waals surface area contributed by atoms with E-state index < -0.39 is 138 Å². The highest BCUT2D eigenvalue weighted by molar-refractivity contribution is 7.80. The average Bonchev–Trinajstić information content (AvgIpc) is 4.04. The number of amides is 9. The molecule has 79 heavy (non-hydrogen) atoms. The van der Waals surface area contributed by atoms with Gasteiger partial charge in [0.25, 0.3) is 0 Å². The van der Waals surface area contributed by atoms with Crippen LogP contribution in [0.3, 0.4) is 0 Å². The second kappa shape index (κ2) is 30.5. The van der Waals surface area contributed by atoms with Gasteiger partial charge in [-0.05, 0) is 82.7 Å². The largest absolute Gasteiger partial charge is 0.480 e. The molecule has 4 rings (SSSR count). The van der Waals surface area contributed by atoms with E-state index in [1.807, 2.05) is 36.4 Å². The Morgan fingerprint density at radius 1 is 0.532 bits per heavy atom. The summed E-state index contributed by atoms with van der Waals surface area (Å²) in [5.41, 5.74) is 14.0. The lowest BCUT2D eigenvalue weighted by Crippen LogP contribution is -2.61. The predicted octanol–water partition coefficient (Wildman–Crippen LogP) is -2.64. The summed E-state index contributed by atoms with van der Waals surface area (Å²) in [4.78, 5) is 140. The number of thiol groups is 1. The lowest BCUT2D eigenvalue weighted by atomic mass is 10.0. The Balaban J connectivity index is 1.39. The molecule has 2 aromatic carbocycles. The van der Waals surface area contributed by atoms with Gasteiger partial charge in [-0.1, -0.05) is 50.2 Å². The van der Waals surface area contributed by atoms with E-state index in [0.717, 1.165) is 21.8 Å². The number of para-hydroxylation sites is 2. The SMILES string of the molecule is CC(C)[C@H](NC(=O)[C@H](C)NC(=O)[C@@H](NC(=O)[C@@H](N)CO)[C@@H](C)O)C(=O)N[C@@H](CCCCN)C(=O)N[C@@H](C)C(=O)N[C@@H](C)C(=O)N[C@@H](CS)C(=O)N[C@@H](Cc1c[nH]c2ccccc12)C(=O)N[C@@H](Cc1c[nH]c2ccccc12)C(=O)O. The summed E-state index contributed by atoms with van der Waals surface area (Å²) < 4.78 is 0. The van der Waals surface area contributed by atoms with Crippen molar-refractivity contribution < 1.29 is 63.3 Å². The predicted molar refractivity (Wildman–Crippen MR) is 294 cm³/mol. The zero-order valence-corrected chi connectivity index (χ0v) is 45.8. The molecular formula is C52H75N13O13S. The molecule has 0 saturated carbocycles. The Bertz CT molecular complexity index is 2790. The van der Waals surface area contributed by atoms with Crippen molar-refractivity contribution in [2.75, 3.05) is 18.9 Å². The first-order chi connectivity index (χ1) is 37.4. The van der Waals surface area contributed by atoms with Gasteiger partial charge in [0, 0.05) is 52.8 Å². The minimum absolute atomic E-state index is 0.0577. The van der Waals surface area contributed by atoms with Crippen molar-refractivity contribution in [3.63, 3.8) is 0 Å². The third-order valence-electron chi connectivity index (χ3n) is 12.9. The molecule has 2 heterocycles. The van der Waals surface area contributed by atoms with Crippen molar-refractivity contribution >= 4 is 93.6 Å². The number of aliphatic hydroxyl groups is 2. The quantitative estimate of drug-likeness (QED) is 0.0181. The summed E-state index contributed by atoms with van der Waals surface area (Å²) in [6.45, 7) is 7.92. The summed E-state index contributed by atoms with van der Waals surface area (Å²) in [5.74, 6) is -9.80. The molecule has 432 valence electrons. The van der Waals surface area contributed by atoms with E-state index in [1.165, 1.54) is 27.7 Å². The van der Waals surface area contributed by atoms with Crippen LogP contribution in [0.4, 0.5) is 0 Å². The molecule has 9 amide bonds. The first-order valence-corrected chi connectivity index (χ1v) is 26.5. The zero-order chi connectivity index (χ0) is 58.7. The number of carboxylic acid groups (broad SMARTS) is 1. The number of aromatic amines is 2. The van der Waals surface area contributed by atoms with Crippen LogP contribution < -0.4 is 59.3 Å². The Morgan fingerprint density at radius 3 is 1.46 bits per heavy atom. The number of H-pyrrole nitrogens is 2. The van der Waals surface area contributed by atoms with Gasteiger partial charge in [0.2, 0.25) is 53.2 Å². The molecular weight excluding hydrogens is 1050 g/mol. The number of aromatic nitrogens is 2. The van der Waals surface area contributed by atoms with E-state index in [-0.39, 0.29) is 31.6 Å². The maximum atomic E-state index is 14.1. The van der Waals surface area contributed by atoms with Crippen molar-refractivity contribution in [1.82, 2.24) is 57.8 Å². The summed E-state index contributed by atoms with van der Waals surface area (Å²) in [5, 5.41) is 53.6. The number of nitrogens with two attached hydrogens (primary N) is 2. The molecule has 11 atom stereocenters. The van der Waals surface area contributed by atoms with Crippen LogP contribution in [0.5, 0.6) is 0 Å². The van der Waals surface area contributed by atoms with Crippen LogP contribution in [0.15, 0.2) is 60.9 Å². The van der Waals surface area contributed by atoms with Gasteiger partial charge in [-0.25, -0.2) is 4.79 Å². The number of carbonyl (C=O) groups is 10. The number of aliphatic carboxylic acids is 1. The van der Waals surface area contributed by atoms with Gasteiger partial charge in [-0.3, -0.25) is 43.2 Å². The van der Waals surface area contributed by atoms with Crippen LogP contribution in [-0.4, -0.2) is 170 Å². The summed E-state index contributed by atoms with van der Waals surface area (Å²) in [6, 6.07) is 1.05. The number of hydrogen-bond acceptors (Lipinski definition) is 15. The first kappa shape index (κ1) is 63.9. The number of benzene rings is 2. The van der Waals surface area contributed by atoms with Gasteiger partial charge in [-0.2, -0.15) is 12.6 Å². The van der Waals surface area contributed by atoms with Crippen LogP contribution in [-0.2, 0) is 60.8 Å². The standard InChI is InChI=1S/C52H75N13O13S/c1-25(2)41(64-45(70)28(5)59-51(76)42(29(6)67)65-46(71)34(54)23-66)50(75)60-37(17-11-12-18-53)47(72)58-26(3)43(68)57-27(4)44(69)63-40(24-79)49(74)61-38(19-30-21-55-35-15-9-7-13-32(30)35)48(73)62-39(52(77)78)20-31-22-56-36-16-10-8-14-33(31)36/h7-10,13-16,21-22,25-29,34,37-42,55-56,66-67,79H,11-12,17-20,23-24,53-54H2,1-6H3,(H,57,68)(H,58,72)(H,59,76)(H,60,75)(H,61,74)(H,62,73)(H,63,69)(H,64,70)(H,65,71)(H,77,78)/t26-,27-,28-,29+,34-,37-,38-,39-,40-,41-,42-/m0/s1. The molecule has 0 aliphatic rings. The Labute approximate surface area is 461 Å². The topological polar surface area (TPSA) is 423 Å². The van der Waals surface area contributed by atoms with Crippen LogP contribution in [0.1, 0.15) is 71.9 Å². The Morgan fingerprint density at radius 2 is 0.949 bits per heavy atom. The van der Waals surface area contributed by atoms with E-state index >= 15 is 0 Å². The van der Waals surface area contributed by atoms with Crippen molar-refractivity contribution in [2.24, 2.45) is 17.4 Å². The minimum Gasteiger partial charge on any atom is -0.480 e. The highest BCUT2D eigenvalue weighted by Crippen LogP contribution is 2.21. The normalized spacial score (nSPS) is 15.5. The maximum absolute atomic E-state index is 14.1. The van der Waals surface area contributed by atoms with Crippen molar-refractivity contribution in [3.05, 3.63) is 72.1 Å². The number of fused-ring (bicyclic) bond motifs is 2. The van der Waals surface area contributed by atoms with Gasteiger partial charge >= 0.3 is 5.97 Å². The molecule has 0 aliphatic heterocycles. The number of rotatable bonds is 31. The van der Waals surface area contributed by atoms with E-state index in [1.54, 1.807) is 38.4 Å². The number of carboxylic acids is 1. The maximum Gasteiger partial charge on any atom is 0.326 e. The van der Waals surface area contributed by atoms with Crippen LogP contribution >= 0.6 is 12.6 Å². The molecule has 2 aromatic heterocycles. The number of aliphatic hydroxyl groups excluding tert-OH is 2. The van der Waals surface area contributed by atoms with Gasteiger partial charge < -0.3 is 84.6 Å². The smallest absolute Gasteiger partial charge is 0.326 e. The number of nitrogens with one attached hydrogen (secondary N) is 11. The number of hydrogen-bond donors (Lipinski definition) is 17. The summed E-state index contributed by atoms with van der Waals surface area (Å²) in [7, 11) is 0. The van der Waals surface area contributed by atoms with E-state index in [9.17, 15) is 63.3 Å². The van der Waals surface area contributed by atoms with Gasteiger partial charge in [0.05, 0.1) is 12.7 Å². The lowest BCUT2D eigenvalue weighted by molar-refractivity contribution is -0.142. The van der Waals surface area contributed by atoms with Crippen molar-refractivity contribution in [1.29, 1.82) is 0 Å². The van der Waals surface area contributed by atoms with E-state index in [4.69, 9.17) is 11.5 Å². The monoisotopic (exact) mass is 1120 g/mol. The molecule has 0 saturated heterocycles. The molecule has 0 aliphatic carbocycles. The van der Waals surface area contributed by atoms with Crippen LogP contribution in [0.25, 0.3) is 21.8 Å². The minimum atomic E-state index is -1.55. The highest BCUT2D eigenvalue weighted by atomic mass is 32.1. The lowest BCUT2D eigenvalue weighted by Gasteiger charge is -2.28. The van der Waals surface area contributed by atoms with Crippen LogP contribution in [0, 0.1) is 5.92 Å². The van der Waals surface area contributed by atoms with Crippen molar-refractivity contribution in [2.45, 2.75) is 140 Å². The molecule has 18 N–H and O–H groups in total. The average molecular weight is 1120 g/mol. The fourth-order valence-electron chi connectivity index (χ4n) is 8.22. The molecule has 0 spiro atoms. The first-order valence-electron chi connectivity index (χ1n) is 25.8. The molecule has 0 radical (unpaired) electrons. The second-order valence-corrected chi connectivity index (χ2v) is 20.0. The summed E-state index contributed by atoms with van der Waals surface area (Å²) >= 11 is 4.28. The van der Waals surface area contributed by atoms with Gasteiger partial charge in [-0.15, -0.1) is 0 Å². The molecule has 0 unspecified atom stereocenters. The Hall–Kier alpha value is -7.59. The van der Waals surface area contributed by atoms with Crippen LogP contribution in [0.2, 0.25) is 0 Å². The summed E-state index contributed by atoms with van der Waals surface area (Å²) in [6.07, 6.45) is 2.61. The molecule has 0 bridgehead atoms. The molecule has 27 heteroatoms. The van der Waals surface area contributed by atoms with E-state index in [0.29, 0.717) is 24.0 Å². The number of unbranched alkanes of at least 4 members (excludes halogenated alkanes) is 1. The molecule has 0 fully saturated rings. The zero-order valence-electron chi connectivity index (χ0n) is 44.9. The fourth-order valence-corrected chi connectivity index (χ4v) is 8.48. The Kier molecular flexibility index (Phi) is 24.7. The molecule has 26 nitrogen and oxygen atoms in total.